The second-order valence-electron chi connectivity index (χ2n) is 4.96. The van der Waals surface area contributed by atoms with Gasteiger partial charge in [0.15, 0.2) is 0 Å². The van der Waals surface area contributed by atoms with Crippen molar-refractivity contribution in [2.75, 3.05) is 18.0 Å². The Labute approximate surface area is 91.1 Å². The number of hydrogen-bond acceptors (Lipinski definition) is 2. The summed E-state index contributed by atoms with van der Waals surface area (Å²) in [5.41, 5.74) is 2.25. The van der Waals surface area contributed by atoms with Gasteiger partial charge in [-0.25, -0.2) is 0 Å². The Kier molecular flexibility index (Phi) is 2.40. The predicted molar refractivity (Wildman–Crippen MR) is 61.8 cm³/mol. The minimum Gasteiger partial charge on any atom is -0.370 e. The first-order chi connectivity index (χ1) is 7.12. The van der Waals surface area contributed by atoms with Crippen LogP contribution in [-0.2, 0) is 0 Å². The summed E-state index contributed by atoms with van der Waals surface area (Å²) < 4.78 is 0. The van der Waals surface area contributed by atoms with Crippen molar-refractivity contribution < 1.29 is 0 Å². The first kappa shape index (κ1) is 10.0. The largest absolute Gasteiger partial charge is 0.370 e. The van der Waals surface area contributed by atoms with E-state index in [2.05, 4.69) is 24.8 Å². The van der Waals surface area contributed by atoms with E-state index >= 15 is 0 Å². The molecule has 15 heavy (non-hydrogen) atoms. The maximum Gasteiger partial charge on any atom is 0.101 e. The molecule has 0 N–H and O–H groups in total. The Morgan fingerprint density at radius 2 is 2.07 bits per heavy atom. The van der Waals surface area contributed by atoms with Crippen molar-refractivity contribution in [3.05, 3.63) is 29.8 Å². The lowest BCUT2D eigenvalue weighted by Gasteiger charge is -2.22. The average molecular weight is 200 g/mol. The van der Waals surface area contributed by atoms with Crippen molar-refractivity contribution in [1.82, 2.24) is 0 Å². The van der Waals surface area contributed by atoms with E-state index in [1.807, 2.05) is 24.3 Å². The molecule has 2 heteroatoms. The van der Waals surface area contributed by atoms with Crippen LogP contribution in [0.25, 0.3) is 0 Å². The zero-order valence-corrected chi connectivity index (χ0v) is 9.33. The molecule has 0 aromatic heterocycles. The molecule has 1 saturated heterocycles. The van der Waals surface area contributed by atoms with Gasteiger partial charge < -0.3 is 4.90 Å². The third kappa shape index (κ3) is 1.97. The normalized spacial score (nSPS) is 18.9. The number of nitriles is 1. The molecule has 0 amide bonds. The molecule has 0 bridgehead atoms. The van der Waals surface area contributed by atoms with Gasteiger partial charge in [-0.1, -0.05) is 26.0 Å². The second-order valence-corrected chi connectivity index (χ2v) is 4.96. The molecular formula is C13H16N2. The van der Waals surface area contributed by atoms with Crippen molar-refractivity contribution >= 4 is 5.69 Å². The number of benzene rings is 1. The fourth-order valence-corrected chi connectivity index (χ4v) is 2.16. The highest BCUT2D eigenvalue weighted by molar-refractivity contribution is 5.59. The Balaban J connectivity index is 2.28. The maximum absolute atomic E-state index is 9.03. The molecule has 0 spiro atoms. The zero-order valence-electron chi connectivity index (χ0n) is 9.33. The fourth-order valence-electron chi connectivity index (χ4n) is 2.16. The van der Waals surface area contributed by atoms with Gasteiger partial charge in [-0.05, 0) is 24.0 Å². The van der Waals surface area contributed by atoms with E-state index < -0.39 is 0 Å². The smallest absolute Gasteiger partial charge is 0.101 e. The molecule has 1 fully saturated rings. The van der Waals surface area contributed by atoms with Crippen LogP contribution in [0, 0.1) is 16.7 Å². The van der Waals surface area contributed by atoms with Gasteiger partial charge in [-0.3, -0.25) is 0 Å². The van der Waals surface area contributed by atoms with Crippen molar-refractivity contribution in [1.29, 1.82) is 5.26 Å². The van der Waals surface area contributed by atoms with Crippen LogP contribution in [0.1, 0.15) is 25.8 Å². The van der Waals surface area contributed by atoms with Gasteiger partial charge in [0.1, 0.15) is 6.07 Å². The molecule has 2 nitrogen and oxygen atoms in total. The van der Waals surface area contributed by atoms with Crippen LogP contribution in [0.15, 0.2) is 24.3 Å². The third-order valence-electron chi connectivity index (χ3n) is 3.04. The topological polar surface area (TPSA) is 27.0 Å². The number of anilines is 1. The van der Waals surface area contributed by atoms with Crippen LogP contribution >= 0.6 is 0 Å². The first-order valence-corrected chi connectivity index (χ1v) is 5.36. The van der Waals surface area contributed by atoms with Gasteiger partial charge >= 0.3 is 0 Å². The molecule has 1 aromatic carbocycles. The lowest BCUT2D eigenvalue weighted by Crippen LogP contribution is -2.23. The summed E-state index contributed by atoms with van der Waals surface area (Å²) in [5, 5.41) is 9.03. The van der Waals surface area contributed by atoms with E-state index in [1.54, 1.807) is 0 Å². The second kappa shape index (κ2) is 3.58. The van der Waals surface area contributed by atoms with E-state index in [0.717, 1.165) is 24.3 Å². The zero-order chi connectivity index (χ0) is 10.9. The monoisotopic (exact) mass is 200 g/mol. The molecular weight excluding hydrogens is 184 g/mol. The first-order valence-electron chi connectivity index (χ1n) is 5.36. The van der Waals surface area contributed by atoms with Crippen LogP contribution in [0.4, 0.5) is 5.69 Å². The predicted octanol–water partition coefficient (Wildman–Crippen LogP) is 2.79. The summed E-state index contributed by atoms with van der Waals surface area (Å²) in [6, 6.07) is 10.1. The summed E-state index contributed by atoms with van der Waals surface area (Å²) in [6.07, 6.45) is 1.20. The molecule has 1 aromatic rings. The molecule has 0 unspecified atom stereocenters. The Bertz CT molecular complexity index is 401. The highest BCUT2D eigenvalue weighted by Crippen LogP contribution is 2.33. The average Bonchev–Trinajstić information content (AvgIpc) is 2.59. The lowest BCUT2D eigenvalue weighted by molar-refractivity contribution is 0.418. The van der Waals surface area contributed by atoms with E-state index in [-0.39, 0.29) is 0 Å². The van der Waals surface area contributed by atoms with E-state index in [9.17, 15) is 0 Å². The summed E-state index contributed by atoms with van der Waals surface area (Å²) >= 11 is 0. The Morgan fingerprint density at radius 3 is 2.67 bits per heavy atom. The lowest BCUT2D eigenvalue weighted by atomic mass is 9.93. The molecule has 2 rings (SSSR count). The van der Waals surface area contributed by atoms with Gasteiger partial charge in [0.25, 0.3) is 0 Å². The van der Waals surface area contributed by atoms with Crippen LogP contribution in [0.5, 0.6) is 0 Å². The number of nitrogens with zero attached hydrogens (tertiary/aromatic N) is 2. The molecule has 1 heterocycles. The quantitative estimate of drug-likeness (QED) is 0.697. The molecule has 1 aliphatic rings. The number of hydrogen-bond donors (Lipinski definition) is 0. The summed E-state index contributed by atoms with van der Waals surface area (Å²) in [5.74, 6) is 0. The van der Waals surface area contributed by atoms with Crippen LogP contribution in [0.2, 0.25) is 0 Å². The highest BCUT2D eigenvalue weighted by Gasteiger charge is 2.29. The SMILES string of the molecule is CC1(C)CCN(c2ccccc2C#N)C1. The highest BCUT2D eigenvalue weighted by atomic mass is 15.2. The minimum absolute atomic E-state index is 0.378. The van der Waals surface area contributed by atoms with Crippen molar-refractivity contribution in [2.24, 2.45) is 5.41 Å². The van der Waals surface area contributed by atoms with Gasteiger partial charge in [-0.15, -0.1) is 0 Å². The minimum atomic E-state index is 0.378. The summed E-state index contributed by atoms with van der Waals surface area (Å²) in [6.45, 7) is 6.67. The van der Waals surface area contributed by atoms with Crippen molar-refractivity contribution in [3.8, 4) is 6.07 Å². The summed E-state index contributed by atoms with van der Waals surface area (Å²) in [4.78, 5) is 2.32. The van der Waals surface area contributed by atoms with Crippen LogP contribution in [-0.4, -0.2) is 13.1 Å². The van der Waals surface area contributed by atoms with Crippen molar-refractivity contribution in [2.45, 2.75) is 20.3 Å². The van der Waals surface area contributed by atoms with E-state index in [0.29, 0.717) is 5.41 Å². The maximum atomic E-state index is 9.03. The molecule has 0 saturated carbocycles. The number of para-hydroxylation sites is 1. The molecule has 0 aliphatic carbocycles. The van der Waals surface area contributed by atoms with E-state index in [1.165, 1.54) is 6.42 Å². The van der Waals surface area contributed by atoms with Crippen LogP contribution in [0.3, 0.4) is 0 Å². The van der Waals surface area contributed by atoms with Crippen molar-refractivity contribution in [3.63, 3.8) is 0 Å². The Hall–Kier alpha value is -1.49. The van der Waals surface area contributed by atoms with Gasteiger partial charge in [0, 0.05) is 13.1 Å². The summed E-state index contributed by atoms with van der Waals surface area (Å²) in [7, 11) is 0. The third-order valence-corrected chi connectivity index (χ3v) is 3.04. The fraction of sp³-hybridized carbons (Fsp3) is 0.462. The standard InChI is InChI=1S/C13H16N2/c1-13(2)7-8-15(10-13)12-6-4-3-5-11(12)9-14/h3-6H,7-8,10H2,1-2H3. The number of rotatable bonds is 1. The van der Waals surface area contributed by atoms with Gasteiger partial charge in [0.05, 0.1) is 11.3 Å². The molecule has 78 valence electrons. The van der Waals surface area contributed by atoms with Gasteiger partial charge in [-0.2, -0.15) is 5.26 Å². The molecule has 0 atom stereocenters. The molecule has 1 aliphatic heterocycles. The van der Waals surface area contributed by atoms with Gasteiger partial charge in [0.2, 0.25) is 0 Å². The molecule has 0 radical (unpaired) electrons. The Morgan fingerprint density at radius 1 is 1.33 bits per heavy atom. The van der Waals surface area contributed by atoms with Crippen LogP contribution < -0.4 is 4.90 Å². The van der Waals surface area contributed by atoms with E-state index in [4.69, 9.17) is 5.26 Å².